The van der Waals surface area contributed by atoms with E-state index in [9.17, 15) is 5.11 Å². The molecule has 0 aromatic rings. The van der Waals surface area contributed by atoms with E-state index in [0.29, 0.717) is 16.7 Å². The molecule has 3 unspecified atom stereocenters. The molecule has 0 aliphatic heterocycles. The Morgan fingerprint density at radius 3 is 2.00 bits per heavy atom. The van der Waals surface area contributed by atoms with Crippen molar-refractivity contribution in [2.45, 2.75) is 39.7 Å². The maximum atomic E-state index is 9.32. The summed E-state index contributed by atoms with van der Waals surface area (Å²) in [4.78, 5) is 0. The van der Waals surface area contributed by atoms with Crippen LogP contribution in [0.5, 0.6) is 0 Å². The molecule has 3 atom stereocenters. The van der Waals surface area contributed by atoms with E-state index in [1.54, 1.807) is 0 Å². The molecule has 2 saturated carbocycles. The van der Waals surface area contributed by atoms with Gasteiger partial charge in [0.1, 0.15) is 0 Å². The van der Waals surface area contributed by atoms with Gasteiger partial charge < -0.3 is 5.11 Å². The SMILES string of the molecule is CC1C(O)CC12CC2(C)C. The average Bonchev–Trinajstić information content (AvgIpc) is 2.38. The van der Waals surface area contributed by atoms with Crippen LogP contribution in [0.2, 0.25) is 0 Å². The molecule has 1 nitrogen and oxygen atoms in total. The first-order chi connectivity index (χ1) is 4.50. The molecule has 58 valence electrons. The Morgan fingerprint density at radius 2 is 1.90 bits per heavy atom. The van der Waals surface area contributed by atoms with Crippen molar-refractivity contribution in [2.24, 2.45) is 16.7 Å². The summed E-state index contributed by atoms with van der Waals surface area (Å²) in [6.07, 6.45) is 2.39. The minimum Gasteiger partial charge on any atom is -0.393 e. The Balaban J connectivity index is 2.12. The Morgan fingerprint density at radius 1 is 1.40 bits per heavy atom. The highest BCUT2D eigenvalue weighted by Crippen LogP contribution is 2.75. The van der Waals surface area contributed by atoms with Gasteiger partial charge in [-0.05, 0) is 29.6 Å². The second-order valence-corrected chi connectivity index (χ2v) is 4.78. The van der Waals surface area contributed by atoms with Crippen molar-refractivity contribution in [2.75, 3.05) is 0 Å². The van der Waals surface area contributed by atoms with E-state index < -0.39 is 0 Å². The molecular weight excluding hydrogens is 124 g/mol. The van der Waals surface area contributed by atoms with Crippen molar-refractivity contribution in [3.05, 3.63) is 0 Å². The molecule has 10 heavy (non-hydrogen) atoms. The molecule has 2 aliphatic carbocycles. The van der Waals surface area contributed by atoms with Crippen molar-refractivity contribution in [3.8, 4) is 0 Å². The summed E-state index contributed by atoms with van der Waals surface area (Å²) in [6.45, 7) is 6.81. The van der Waals surface area contributed by atoms with Gasteiger partial charge in [0, 0.05) is 0 Å². The lowest BCUT2D eigenvalue weighted by molar-refractivity contribution is -0.0567. The van der Waals surface area contributed by atoms with Crippen LogP contribution in [0.25, 0.3) is 0 Å². The van der Waals surface area contributed by atoms with Crippen LogP contribution in [0, 0.1) is 16.7 Å². The van der Waals surface area contributed by atoms with Crippen LogP contribution in [0.1, 0.15) is 33.6 Å². The lowest BCUT2D eigenvalue weighted by Gasteiger charge is -2.43. The average molecular weight is 140 g/mol. The lowest BCUT2D eigenvalue weighted by atomic mass is 9.65. The van der Waals surface area contributed by atoms with Crippen molar-refractivity contribution in [1.82, 2.24) is 0 Å². The molecule has 2 fully saturated rings. The van der Waals surface area contributed by atoms with E-state index in [1.165, 1.54) is 6.42 Å². The highest BCUT2D eigenvalue weighted by Gasteiger charge is 2.70. The number of aliphatic hydroxyl groups excluding tert-OH is 1. The van der Waals surface area contributed by atoms with Crippen LogP contribution in [-0.2, 0) is 0 Å². The molecule has 1 spiro atoms. The maximum absolute atomic E-state index is 9.32. The van der Waals surface area contributed by atoms with Gasteiger partial charge in [0.05, 0.1) is 6.10 Å². The Kier molecular flexibility index (Phi) is 0.949. The molecule has 1 N–H and O–H groups in total. The molecule has 0 radical (unpaired) electrons. The molecule has 2 rings (SSSR count). The molecule has 0 aromatic heterocycles. The second kappa shape index (κ2) is 1.42. The van der Waals surface area contributed by atoms with Crippen LogP contribution in [-0.4, -0.2) is 11.2 Å². The van der Waals surface area contributed by atoms with E-state index in [0.717, 1.165) is 6.42 Å². The monoisotopic (exact) mass is 140 g/mol. The summed E-state index contributed by atoms with van der Waals surface area (Å²) >= 11 is 0. The quantitative estimate of drug-likeness (QED) is 0.544. The standard InChI is InChI=1S/C9H16O/c1-6-7(10)4-9(6)5-8(9,2)3/h6-7,10H,4-5H2,1-3H3. The van der Waals surface area contributed by atoms with Gasteiger partial charge in [0.2, 0.25) is 0 Å². The maximum Gasteiger partial charge on any atom is 0.0576 e. The molecule has 2 aliphatic rings. The lowest BCUT2D eigenvalue weighted by Crippen LogP contribution is -2.43. The summed E-state index contributed by atoms with van der Waals surface area (Å²) in [5.41, 5.74) is 1.08. The van der Waals surface area contributed by atoms with Crippen LogP contribution < -0.4 is 0 Å². The van der Waals surface area contributed by atoms with Gasteiger partial charge in [0.25, 0.3) is 0 Å². The predicted octanol–water partition coefficient (Wildman–Crippen LogP) is 1.80. The first-order valence-electron chi connectivity index (χ1n) is 4.18. The van der Waals surface area contributed by atoms with Crippen molar-refractivity contribution < 1.29 is 5.11 Å². The van der Waals surface area contributed by atoms with Gasteiger partial charge >= 0.3 is 0 Å². The van der Waals surface area contributed by atoms with Gasteiger partial charge in [-0.1, -0.05) is 20.8 Å². The zero-order valence-electron chi connectivity index (χ0n) is 7.02. The van der Waals surface area contributed by atoms with E-state index in [2.05, 4.69) is 20.8 Å². The van der Waals surface area contributed by atoms with Gasteiger partial charge in [-0.25, -0.2) is 0 Å². The van der Waals surface area contributed by atoms with E-state index >= 15 is 0 Å². The van der Waals surface area contributed by atoms with Gasteiger partial charge in [-0.3, -0.25) is 0 Å². The third-order valence-electron chi connectivity index (χ3n) is 4.00. The topological polar surface area (TPSA) is 20.2 Å². The first kappa shape index (κ1) is 6.66. The summed E-state index contributed by atoms with van der Waals surface area (Å²) in [5.74, 6) is 0.558. The van der Waals surface area contributed by atoms with Gasteiger partial charge in [-0.2, -0.15) is 0 Å². The highest BCUT2D eigenvalue weighted by molar-refractivity contribution is 5.19. The summed E-state index contributed by atoms with van der Waals surface area (Å²) in [5, 5.41) is 9.32. The Hall–Kier alpha value is -0.0400. The molecule has 0 heterocycles. The number of aliphatic hydroxyl groups is 1. The van der Waals surface area contributed by atoms with Crippen molar-refractivity contribution >= 4 is 0 Å². The molecule has 0 bridgehead atoms. The second-order valence-electron chi connectivity index (χ2n) is 4.78. The Labute approximate surface area is 62.4 Å². The molecule has 1 heteroatoms. The largest absolute Gasteiger partial charge is 0.393 e. The summed E-state index contributed by atoms with van der Waals surface area (Å²) < 4.78 is 0. The van der Waals surface area contributed by atoms with E-state index in [-0.39, 0.29) is 6.10 Å². The minimum absolute atomic E-state index is 0.00164. The van der Waals surface area contributed by atoms with Crippen LogP contribution in [0.15, 0.2) is 0 Å². The van der Waals surface area contributed by atoms with Gasteiger partial charge in [0.15, 0.2) is 0 Å². The summed E-state index contributed by atoms with van der Waals surface area (Å²) in [6, 6.07) is 0. The van der Waals surface area contributed by atoms with Crippen LogP contribution >= 0.6 is 0 Å². The fourth-order valence-electron chi connectivity index (χ4n) is 2.81. The molecule has 0 amide bonds. The third-order valence-corrected chi connectivity index (χ3v) is 4.00. The smallest absolute Gasteiger partial charge is 0.0576 e. The number of hydrogen-bond donors (Lipinski definition) is 1. The summed E-state index contributed by atoms with van der Waals surface area (Å²) in [7, 11) is 0. The first-order valence-corrected chi connectivity index (χ1v) is 4.18. The molecule has 0 saturated heterocycles. The van der Waals surface area contributed by atoms with Crippen molar-refractivity contribution in [3.63, 3.8) is 0 Å². The third kappa shape index (κ3) is 0.493. The van der Waals surface area contributed by atoms with Crippen LogP contribution in [0.4, 0.5) is 0 Å². The predicted molar refractivity (Wildman–Crippen MR) is 40.6 cm³/mol. The normalized spacial score (nSPS) is 56.4. The fourth-order valence-corrected chi connectivity index (χ4v) is 2.81. The molecular formula is C9H16O. The fraction of sp³-hybridized carbons (Fsp3) is 1.00. The van der Waals surface area contributed by atoms with Crippen molar-refractivity contribution in [1.29, 1.82) is 0 Å². The van der Waals surface area contributed by atoms with Crippen LogP contribution in [0.3, 0.4) is 0 Å². The number of hydrogen-bond acceptors (Lipinski definition) is 1. The van der Waals surface area contributed by atoms with E-state index in [1.807, 2.05) is 0 Å². The minimum atomic E-state index is 0.00164. The van der Waals surface area contributed by atoms with E-state index in [4.69, 9.17) is 0 Å². The number of rotatable bonds is 0. The molecule has 0 aromatic carbocycles. The highest BCUT2D eigenvalue weighted by atomic mass is 16.3. The zero-order chi connectivity index (χ0) is 7.57. The zero-order valence-corrected chi connectivity index (χ0v) is 7.02. The van der Waals surface area contributed by atoms with Gasteiger partial charge in [-0.15, -0.1) is 0 Å². The Bertz CT molecular complexity index is 174.